The average molecular weight is 387 g/mol. The van der Waals surface area contributed by atoms with Crippen molar-refractivity contribution in [2.45, 2.75) is 30.8 Å². The Labute approximate surface area is 164 Å². The van der Waals surface area contributed by atoms with Crippen molar-refractivity contribution in [3.63, 3.8) is 0 Å². The SMILES string of the molecule is CN(C)c1ccc(C2=N[C@@H](c3ccc(Cl)cc3)[C@@]3(CCCO[C@@H]3O)O2)cc1. The molecule has 4 rings (SSSR count). The number of hydrogen-bond donors (Lipinski definition) is 1. The van der Waals surface area contributed by atoms with Crippen LogP contribution in [0.1, 0.15) is 30.0 Å². The van der Waals surface area contributed by atoms with Gasteiger partial charge in [-0.15, -0.1) is 0 Å². The van der Waals surface area contributed by atoms with Gasteiger partial charge < -0.3 is 19.5 Å². The molecule has 3 atom stereocenters. The van der Waals surface area contributed by atoms with Crippen LogP contribution in [-0.2, 0) is 9.47 Å². The molecule has 27 heavy (non-hydrogen) atoms. The zero-order chi connectivity index (χ0) is 19.0. The Morgan fingerprint density at radius 1 is 1.11 bits per heavy atom. The van der Waals surface area contributed by atoms with Gasteiger partial charge in [-0.1, -0.05) is 23.7 Å². The minimum absolute atomic E-state index is 0.353. The van der Waals surface area contributed by atoms with Gasteiger partial charge in [0.15, 0.2) is 11.9 Å². The molecule has 1 saturated heterocycles. The fourth-order valence-corrected chi connectivity index (χ4v) is 3.83. The third-order valence-electron chi connectivity index (χ3n) is 5.22. The maximum atomic E-state index is 10.7. The van der Waals surface area contributed by atoms with E-state index in [1.54, 1.807) is 0 Å². The summed E-state index contributed by atoms with van der Waals surface area (Å²) >= 11 is 6.04. The summed E-state index contributed by atoms with van der Waals surface area (Å²) in [4.78, 5) is 6.90. The number of hydrogen-bond acceptors (Lipinski definition) is 5. The van der Waals surface area contributed by atoms with Crippen LogP contribution in [0.3, 0.4) is 0 Å². The number of aliphatic hydroxyl groups is 1. The second-order valence-corrected chi connectivity index (χ2v) is 7.65. The van der Waals surface area contributed by atoms with Gasteiger partial charge in [0.05, 0.1) is 6.61 Å². The molecule has 2 aromatic carbocycles. The third-order valence-corrected chi connectivity index (χ3v) is 5.47. The van der Waals surface area contributed by atoms with Crippen molar-refractivity contribution in [1.29, 1.82) is 0 Å². The second-order valence-electron chi connectivity index (χ2n) is 7.21. The number of ether oxygens (including phenoxy) is 2. The van der Waals surface area contributed by atoms with Gasteiger partial charge in [-0.05, 0) is 54.8 Å². The van der Waals surface area contributed by atoms with Crippen LogP contribution in [0.15, 0.2) is 53.5 Å². The van der Waals surface area contributed by atoms with E-state index in [2.05, 4.69) is 0 Å². The van der Waals surface area contributed by atoms with Crippen molar-refractivity contribution in [3.8, 4) is 0 Å². The van der Waals surface area contributed by atoms with Gasteiger partial charge in [0.1, 0.15) is 6.04 Å². The van der Waals surface area contributed by atoms with E-state index in [0.29, 0.717) is 23.9 Å². The van der Waals surface area contributed by atoms with Crippen LogP contribution in [0.5, 0.6) is 0 Å². The minimum atomic E-state index is -1.03. The lowest BCUT2D eigenvalue weighted by atomic mass is 9.83. The summed E-state index contributed by atoms with van der Waals surface area (Å²) in [5.41, 5.74) is 2.02. The summed E-state index contributed by atoms with van der Waals surface area (Å²) in [7, 11) is 4.00. The second kappa shape index (κ2) is 7.15. The van der Waals surface area contributed by atoms with Gasteiger partial charge >= 0.3 is 0 Å². The molecular weight excluding hydrogens is 364 g/mol. The highest BCUT2D eigenvalue weighted by molar-refractivity contribution is 6.30. The van der Waals surface area contributed by atoms with E-state index < -0.39 is 11.9 Å². The standard InChI is InChI=1S/C21H23ClN2O3/c1-24(2)17-10-6-15(7-11-17)19-23-18(14-4-8-16(22)9-5-14)21(27-19)12-3-13-26-20(21)25/h4-11,18,20,25H,3,12-13H2,1-2H3/t18-,20-,21+/m0/s1. The first kappa shape index (κ1) is 18.3. The fraction of sp³-hybridized carbons (Fsp3) is 0.381. The predicted octanol–water partition coefficient (Wildman–Crippen LogP) is 3.79. The van der Waals surface area contributed by atoms with Crippen molar-refractivity contribution in [3.05, 3.63) is 64.7 Å². The van der Waals surface area contributed by atoms with Crippen molar-refractivity contribution in [2.75, 3.05) is 25.6 Å². The zero-order valence-corrected chi connectivity index (χ0v) is 16.2. The van der Waals surface area contributed by atoms with E-state index in [0.717, 1.165) is 23.2 Å². The predicted molar refractivity (Wildman–Crippen MR) is 107 cm³/mol. The van der Waals surface area contributed by atoms with Crippen molar-refractivity contribution in [1.82, 2.24) is 0 Å². The summed E-state index contributed by atoms with van der Waals surface area (Å²) in [6.45, 7) is 0.520. The first-order valence-corrected chi connectivity index (χ1v) is 9.47. The van der Waals surface area contributed by atoms with Crippen LogP contribution in [0.2, 0.25) is 5.02 Å². The molecule has 0 saturated carbocycles. The number of benzene rings is 2. The molecule has 0 amide bonds. The molecule has 0 unspecified atom stereocenters. The van der Waals surface area contributed by atoms with Crippen molar-refractivity contribution >= 4 is 23.2 Å². The topological polar surface area (TPSA) is 54.3 Å². The Morgan fingerprint density at radius 2 is 1.81 bits per heavy atom. The third kappa shape index (κ3) is 3.31. The molecule has 2 aliphatic rings. The molecule has 1 spiro atoms. The maximum absolute atomic E-state index is 10.7. The summed E-state index contributed by atoms with van der Waals surface area (Å²) in [5.74, 6) is 0.532. The fourth-order valence-electron chi connectivity index (χ4n) is 3.71. The lowest BCUT2D eigenvalue weighted by molar-refractivity contribution is -0.233. The highest BCUT2D eigenvalue weighted by atomic mass is 35.5. The maximum Gasteiger partial charge on any atom is 0.217 e. The average Bonchev–Trinajstić information content (AvgIpc) is 3.05. The van der Waals surface area contributed by atoms with E-state index in [9.17, 15) is 5.11 Å². The Bertz CT molecular complexity index is 836. The van der Waals surface area contributed by atoms with Gasteiger partial charge in [0, 0.05) is 30.4 Å². The number of halogens is 1. The summed E-state index contributed by atoms with van der Waals surface area (Å²) in [5, 5.41) is 11.3. The smallest absolute Gasteiger partial charge is 0.217 e. The van der Waals surface area contributed by atoms with E-state index in [4.69, 9.17) is 26.1 Å². The normalized spacial score (nSPS) is 27.3. The van der Waals surface area contributed by atoms with Crippen LogP contribution >= 0.6 is 11.6 Å². The van der Waals surface area contributed by atoms with E-state index in [1.807, 2.05) is 67.5 Å². The lowest BCUT2D eigenvalue weighted by Gasteiger charge is -2.40. The Kier molecular flexibility index (Phi) is 4.84. The van der Waals surface area contributed by atoms with Crippen LogP contribution in [0, 0.1) is 0 Å². The van der Waals surface area contributed by atoms with Crippen molar-refractivity contribution in [2.24, 2.45) is 4.99 Å². The molecule has 5 nitrogen and oxygen atoms in total. The summed E-state index contributed by atoms with van der Waals surface area (Å²) in [6.07, 6.45) is 0.447. The van der Waals surface area contributed by atoms with Crippen molar-refractivity contribution < 1.29 is 14.6 Å². The highest BCUT2D eigenvalue weighted by Gasteiger charge is 2.55. The number of aliphatic hydroxyl groups excluding tert-OH is 1. The van der Waals surface area contributed by atoms with E-state index in [1.165, 1.54) is 0 Å². The van der Waals surface area contributed by atoms with E-state index in [-0.39, 0.29) is 6.04 Å². The van der Waals surface area contributed by atoms with Crippen LogP contribution in [0.25, 0.3) is 0 Å². The Hall–Kier alpha value is -2.08. The molecule has 0 bridgehead atoms. The summed E-state index contributed by atoms with van der Waals surface area (Å²) < 4.78 is 11.9. The number of rotatable bonds is 3. The number of anilines is 1. The van der Waals surface area contributed by atoms with Crippen LogP contribution < -0.4 is 4.90 Å². The van der Waals surface area contributed by atoms with Gasteiger partial charge in [-0.3, -0.25) is 0 Å². The largest absolute Gasteiger partial charge is 0.463 e. The molecular formula is C21H23ClN2O3. The molecule has 0 aliphatic carbocycles. The zero-order valence-electron chi connectivity index (χ0n) is 15.4. The molecule has 142 valence electrons. The Morgan fingerprint density at radius 3 is 2.44 bits per heavy atom. The Balaban J connectivity index is 1.73. The monoisotopic (exact) mass is 386 g/mol. The van der Waals surface area contributed by atoms with Gasteiger partial charge in [-0.2, -0.15) is 0 Å². The molecule has 2 aliphatic heterocycles. The first-order valence-electron chi connectivity index (χ1n) is 9.09. The number of aliphatic imine (C=N–C) groups is 1. The first-order chi connectivity index (χ1) is 13.0. The van der Waals surface area contributed by atoms with Gasteiger partial charge in [0.2, 0.25) is 5.90 Å². The highest BCUT2D eigenvalue weighted by Crippen LogP contribution is 2.47. The molecule has 2 heterocycles. The molecule has 0 aromatic heterocycles. The van der Waals surface area contributed by atoms with Gasteiger partial charge in [-0.25, -0.2) is 4.99 Å². The molecule has 1 N–H and O–H groups in total. The quantitative estimate of drug-likeness (QED) is 0.871. The van der Waals surface area contributed by atoms with Crippen LogP contribution in [-0.4, -0.2) is 43.6 Å². The molecule has 2 aromatic rings. The molecule has 1 fully saturated rings. The van der Waals surface area contributed by atoms with E-state index >= 15 is 0 Å². The summed E-state index contributed by atoms with van der Waals surface area (Å²) in [6, 6.07) is 15.2. The minimum Gasteiger partial charge on any atom is -0.463 e. The molecule has 0 radical (unpaired) electrons. The molecule has 6 heteroatoms. The van der Waals surface area contributed by atoms with Gasteiger partial charge in [0.25, 0.3) is 0 Å². The van der Waals surface area contributed by atoms with Crippen LogP contribution in [0.4, 0.5) is 5.69 Å². The lowest BCUT2D eigenvalue weighted by Crippen LogP contribution is -2.51. The number of nitrogens with zero attached hydrogens (tertiary/aromatic N) is 2.